The van der Waals surface area contributed by atoms with E-state index in [-0.39, 0.29) is 18.6 Å². The van der Waals surface area contributed by atoms with Crippen LogP contribution in [0.5, 0.6) is 0 Å². The first-order valence-electron chi connectivity index (χ1n) is 5.32. The molecule has 1 amide bonds. The number of amides is 1. The fourth-order valence-corrected chi connectivity index (χ4v) is 1.67. The molecule has 0 unspecified atom stereocenters. The number of hydrogen-bond donors (Lipinski definition) is 2. The van der Waals surface area contributed by atoms with E-state index < -0.39 is 0 Å². The number of carbonyl (C=O) groups excluding carboxylic acids is 1. The fraction of sp³-hybridized carbons (Fsp3) is 0.417. The van der Waals surface area contributed by atoms with Crippen molar-refractivity contribution in [3.8, 4) is 0 Å². The Labute approximate surface area is 94.2 Å². The lowest BCUT2D eigenvalue weighted by atomic mass is 10.1. The second-order valence-corrected chi connectivity index (χ2v) is 4.03. The van der Waals surface area contributed by atoms with Crippen LogP contribution in [0.15, 0.2) is 18.2 Å². The van der Waals surface area contributed by atoms with Gasteiger partial charge in [-0.3, -0.25) is 4.79 Å². The molecule has 4 heteroatoms. The summed E-state index contributed by atoms with van der Waals surface area (Å²) in [4.78, 5) is 11.8. The van der Waals surface area contributed by atoms with Crippen molar-refractivity contribution < 1.29 is 14.6 Å². The number of ether oxygens (including phenoxy) is 1. The first kappa shape index (κ1) is 11.1. The molecule has 1 aromatic rings. The minimum Gasteiger partial charge on any atom is -0.394 e. The molecular formula is C12H15NO3. The highest BCUT2D eigenvalue weighted by molar-refractivity contribution is 5.94. The number of fused-ring (bicyclic) bond motifs is 1. The molecule has 0 saturated carbocycles. The molecule has 86 valence electrons. The number of nitrogens with one attached hydrogen (secondary N) is 1. The number of aliphatic hydroxyl groups excluding tert-OH is 1. The summed E-state index contributed by atoms with van der Waals surface area (Å²) in [6.07, 6.45) is 0. The second-order valence-electron chi connectivity index (χ2n) is 4.03. The van der Waals surface area contributed by atoms with Gasteiger partial charge in [0, 0.05) is 11.6 Å². The Hall–Kier alpha value is -1.39. The van der Waals surface area contributed by atoms with Gasteiger partial charge < -0.3 is 15.2 Å². The summed E-state index contributed by atoms with van der Waals surface area (Å²) in [6.45, 7) is 2.91. The zero-order chi connectivity index (χ0) is 11.5. The summed E-state index contributed by atoms with van der Waals surface area (Å²) >= 11 is 0. The van der Waals surface area contributed by atoms with Crippen LogP contribution in [-0.2, 0) is 18.0 Å². The molecule has 0 aliphatic carbocycles. The molecule has 0 aromatic heterocycles. The minimum atomic E-state index is -0.225. The fourth-order valence-electron chi connectivity index (χ4n) is 1.67. The molecule has 16 heavy (non-hydrogen) atoms. The van der Waals surface area contributed by atoms with Crippen molar-refractivity contribution in [2.75, 3.05) is 6.61 Å². The SMILES string of the molecule is C[C@@H](CO)NC(=O)c1ccc2c(c1)COC2. The van der Waals surface area contributed by atoms with E-state index in [4.69, 9.17) is 9.84 Å². The van der Waals surface area contributed by atoms with Gasteiger partial charge in [-0.05, 0) is 30.2 Å². The Bertz CT molecular complexity index is 403. The maximum Gasteiger partial charge on any atom is 0.251 e. The normalized spacial score (nSPS) is 15.6. The van der Waals surface area contributed by atoms with E-state index in [1.165, 1.54) is 0 Å². The van der Waals surface area contributed by atoms with Gasteiger partial charge in [0.25, 0.3) is 5.91 Å². The number of benzene rings is 1. The molecule has 1 atom stereocenters. The summed E-state index contributed by atoms with van der Waals surface area (Å²) in [7, 11) is 0. The standard InChI is InChI=1S/C12H15NO3/c1-8(5-14)13-12(15)9-2-3-10-6-16-7-11(10)4-9/h2-4,8,14H,5-7H2,1H3,(H,13,15)/t8-/m0/s1. The van der Waals surface area contributed by atoms with Crippen LogP contribution in [0.25, 0.3) is 0 Å². The zero-order valence-corrected chi connectivity index (χ0v) is 9.19. The molecule has 0 radical (unpaired) electrons. The Morgan fingerprint density at radius 2 is 2.25 bits per heavy atom. The number of rotatable bonds is 3. The average molecular weight is 221 g/mol. The topological polar surface area (TPSA) is 58.6 Å². The van der Waals surface area contributed by atoms with Crippen LogP contribution in [0.2, 0.25) is 0 Å². The molecular weight excluding hydrogens is 206 g/mol. The Morgan fingerprint density at radius 3 is 3.00 bits per heavy atom. The van der Waals surface area contributed by atoms with Gasteiger partial charge in [-0.2, -0.15) is 0 Å². The van der Waals surface area contributed by atoms with E-state index in [0.717, 1.165) is 11.1 Å². The summed E-state index contributed by atoms with van der Waals surface area (Å²) in [6, 6.07) is 5.33. The maximum absolute atomic E-state index is 11.8. The lowest BCUT2D eigenvalue weighted by molar-refractivity contribution is 0.0922. The quantitative estimate of drug-likeness (QED) is 0.794. The van der Waals surface area contributed by atoms with Gasteiger partial charge in [0.2, 0.25) is 0 Å². The van der Waals surface area contributed by atoms with Crippen molar-refractivity contribution in [3.63, 3.8) is 0 Å². The van der Waals surface area contributed by atoms with Crippen LogP contribution in [0.3, 0.4) is 0 Å². The molecule has 1 heterocycles. The summed E-state index contributed by atoms with van der Waals surface area (Å²) < 4.78 is 5.28. The predicted molar refractivity (Wildman–Crippen MR) is 58.9 cm³/mol. The molecule has 0 fully saturated rings. The molecule has 4 nitrogen and oxygen atoms in total. The van der Waals surface area contributed by atoms with Gasteiger partial charge >= 0.3 is 0 Å². The lowest BCUT2D eigenvalue weighted by Crippen LogP contribution is -2.35. The van der Waals surface area contributed by atoms with E-state index in [9.17, 15) is 4.79 Å². The van der Waals surface area contributed by atoms with Crippen LogP contribution < -0.4 is 5.32 Å². The highest BCUT2D eigenvalue weighted by atomic mass is 16.5. The molecule has 0 spiro atoms. The zero-order valence-electron chi connectivity index (χ0n) is 9.19. The summed E-state index contributed by atoms with van der Waals surface area (Å²) in [5.41, 5.74) is 2.83. The summed E-state index contributed by atoms with van der Waals surface area (Å²) in [5, 5.41) is 11.6. The Kier molecular flexibility index (Phi) is 3.22. The third-order valence-corrected chi connectivity index (χ3v) is 2.63. The van der Waals surface area contributed by atoms with Crippen LogP contribution >= 0.6 is 0 Å². The Morgan fingerprint density at radius 1 is 1.50 bits per heavy atom. The third kappa shape index (κ3) is 2.23. The van der Waals surface area contributed by atoms with Crippen molar-refractivity contribution >= 4 is 5.91 Å². The third-order valence-electron chi connectivity index (χ3n) is 2.63. The number of aliphatic hydroxyl groups is 1. The van der Waals surface area contributed by atoms with E-state index >= 15 is 0 Å². The van der Waals surface area contributed by atoms with Crippen molar-refractivity contribution in [2.45, 2.75) is 26.2 Å². The van der Waals surface area contributed by atoms with Crippen molar-refractivity contribution in [2.24, 2.45) is 0 Å². The highest BCUT2D eigenvalue weighted by Gasteiger charge is 2.15. The predicted octanol–water partition coefficient (Wildman–Crippen LogP) is 0.827. The first-order valence-corrected chi connectivity index (χ1v) is 5.32. The number of hydrogen-bond acceptors (Lipinski definition) is 3. The largest absolute Gasteiger partial charge is 0.394 e. The molecule has 0 bridgehead atoms. The highest BCUT2D eigenvalue weighted by Crippen LogP contribution is 2.20. The smallest absolute Gasteiger partial charge is 0.251 e. The lowest BCUT2D eigenvalue weighted by Gasteiger charge is -2.11. The van der Waals surface area contributed by atoms with Crippen LogP contribution in [0.4, 0.5) is 0 Å². The second kappa shape index (κ2) is 4.63. The van der Waals surface area contributed by atoms with Gasteiger partial charge in [0.1, 0.15) is 0 Å². The average Bonchev–Trinajstić information content (AvgIpc) is 2.75. The van der Waals surface area contributed by atoms with Gasteiger partial charge in [-0.1, -0.05) is 6.07 Å². The minimum absolute atomic E-state index is 0.0558. The maximum atomic E-state index is 11.8. The molecule has 2 rings (SSSR count). The summed E-state index contributed by atoms with van der Waals surface area (Å²) in [5.74, 6) is -0.156. The van der Waals surface area contributed by atoms with Gasteiger partial charge in [0.15, 0.2) is 0 Å². The van der Waals surface area contributed by atoms with Crippen molar-refractivity contribution in [1.82, 2.24) is 5.32 Å². The molecule has 2 N–H and O–H groups in total. The van der Waals surface area contributed by atoms with E-state index in [2.05, 4.69) is 5.32 Å². The first-order chi connectivity index (χ1) is 7.70. The van der Waals surface area contributed by atoms with E-state index in [1.54, 1.807) is 13.0 Å². The van der Waals surface area contributed by atoms with Gasteiger partial charge in [0.05, 0.1) is 19.8 Å². The van der Waals surface area contributed by atoms with Crippen LogP contribution in [0, 0.1) is 0 Å². The van der Waals surface area contributed by atoms with E-state index in [1.807, 2.05) is 12.1 Å². The molecule has 0 saturated heterocycles. The van der Waals surface area contributed by atoms with E-state index in [0.29, 0.717) is 18.8 Å². The van der Waals surface area contributed by atoms with Crippen molar-refractivity contribution in [1.29, 1.82) is 0 Å². The van der Waals surface area contributed by atoms with Crippen molar-refractivity contribution in [3.05, 3.63) is 34.9 Å². The number of carbonyl (C=O) groups is 1. The van der Waals surface area contributed by atoms with Crippen LogP contribution in [-0.4, -0.2) is 23.7 Å². The monoisotopic (exact) mass is 221 g/mol. The van der Waals surface area contributed by atoms with Gasteiger partial charge in [-0.25, -0.2) is 0 Å². The molecule has 1 aliphatic heterocycles. The molecule has 1 aliphatic rings. The Balaban J connectivity index is 2.12. The van der Waals surface area contributed by atoms with Crippen LogP contribution in [0.1, 0.15) is 28.4 Å². The molecule has 1 aromatic carbocycles. The van der Waals surface area contributed by atoms with Gasteiger partial charge in [-0.15, -0.1) is 0 Å².